The van der Waals surface area contributed by atoms with Crippen LogP contribution in [0, 0.1) is 19.7 Å². The van der Waals surface area contributed by atoms with E-state index in [4.69, 9.17) is 4.74 Å². The maximum Gasteiger partial charge on any atom is 0.325 e. The van der Waals surface area contributed by atoms with Gasteiger partial charge in [-0.25, -0.2) is 12.8 Å². The molecule has 6 nitrogen and oxygen atoms in total. The molecular weight excluding hydrogens is 451 g/mol. The van der Waals surface area contributed by atoms with Crippen LogP contribution in [0.15, 0.2) is 59.5 Å². The van der Waals surface area contributed by atoms with E-state index in [0.717, 1.165) is 11.5 Å². The molecule has 1 atom stereocenters. The summed E-state index contributed by atoms with van der Waals surface area (Å²) < 4.78 is 52.9. The predicted octanol–water partition coefficient (Wildman–Crippen LogP) is 4.59. The van der Waals surface area contributed by atoms with Crippen LogP contribution in [-0.4, -0.2) is 30.4 Å². The summed E-state index contributed by atoms with van der Waals surface area (Å²) >= 11 is 1.10. The Kier molecular flexibility index (Phi) is 5.87. The van der Waals surface area contributed by atoms with Crippen LogP contribution in [0.4, 0.5) is 4.39 Å². The third-order valence-corrected chi connectivity index (χ3v) is 8.53. The Labute approximate surface area is 189 Å². The molecule has 0 amide bonds. The van der Waals surface area contributed by atoms with Gasteiger partial charge < -0.3 is 9.30 Å². The first kappa shape index (κ1) is 22.2. The summed E-state index contributed by atoms with van der Waals surface area (Å²) in [7, 11) is -2.64. The van der Waals surface area contributed by atoms with Crippen LogP contribution in [0.5, 0.6) is 0 Å². The Balaban J connectivity index is 2.06. The number of methoxy groups -OCH3 is 1. The molecule has 2 aromatic carbocycles. The van der Waals surface area contributed by atoms with E-state index in [1.54, 1.807) is 60.9 Å². The van der Waals surface area contributed by atoms with Crippen molar-refractivity contribution in [2.24, 2.45) is 0 Å². The van der Waals surface area contributed by atoms with Crippen molar-refractivity contribution < 1.29 is 22.3 Å². The summed E-state index contributed by atoms with van der Waals surface area (Å²) in [5, 5.41) is -0.679. The number of ether oxygens (including phenoxy) is 1. The highest BCUT2D eigenvalue weighted by molar-refractivity contribution is 7.92. The molecule has 0 aliphatic carbocycles. The third kappa shape index (κ3) is 3.82. The number of fused-ring (bicyclic) bond motifs is 1. The first-order valence-corrected chi connectivity index (χ1v) is 12.1. The lowest BCUT2D eigenvalue weighted by Crippen LogP contribution is -2.17. The molecule has 0 bridgehead atoms. The number of sulfone groups is 1. The second kappa shape index (κ2) is 8.48. The van der Waals surface area contributed by atoms with Crippen molar-refractivity contribution in [1.82, 2.24) is 8.94 Å². The van der Waals surface area contributed by atoms with Gasteiger partial charge in [-0.15, -0.1) is 0 Å². The van der Waals surface area contributed by atoms with Gasteiger partial charge in [-0.3, -0.25) is 4.79 Å². The standard InChI is InChI=1S/C23H21FN2O4S2/c1-14-11-20(31-25-14)23(32(28,29)17-7-5-4-6-8-17)22-15(2)26(13-21(27)30-3)19-10-9-16(24)12-18(19)22/h4-12,23H,13H2,1-3H3. The van der Waals surface area contributed by atoms with Crippen molar-refractivity contribution in [3.8, 4) is 0 Å². The first-order chi connectivity index (χ1) is 15.2. The minimum atomic E-state index is -3.92. The molecule has 0 radical (unpaired) electrons. The van der Waals surface area contributed by atoms with Crippen LogP contribution in [0.25, 0.3) is 10.9 Å². The van der Waals surface area contributed by atoms with Crippen molar-refractivity contribution in [2.45, 2.75) is 30.5 Å². The molecule has 0 saturated carbocycles. The molecule has 0 spiro atoms. The van der Waals surface area contributed by atoms with Gasteiger partial charge in [0, 0.05) is 27.0 Å². The topological polar surface area (TPSA) is 78.3 Å². The van der Waals surface area contributed by atoms with Gasteiger partial charge in [0.1, 0.15) is 17.6 Å². The van der Waals surface area contributed by atoms with Crippen LogP contribution < -0.4 is 0 Å². The van der Waals surface area contributed by atoms with Gasteiger partial charge in [-0.05, 0) is 61.8 Å². The lowest BCUT2D eigenvalue weighted by molar-refractivity contribution is -0.141. The van der Waals surface area contributed by atoms with Crippen molar-refractivity contribution in [3.05, 3.63) is 82.2 Å². The Morgan fingerprint density at radius 1 is 1.16 bits per heavy atom. The van der Waals surface area contributed by atoms with Gasteiger partial charge >= 0.3 is 5.97 Å². The van der Waals surface area contributed by atoms with Crippen LogP contribution >= 0.6 is 11.5 Å². The van der Waals surface area contributed by atoms with E-state index in [1.807, 2.05) is 0 Å². The van der Waals surface area contributed by atoms with E-state index < -0.39 is 26.9 Å². The molecule has 2 heterocycles. The molecule has 9 heteroatoms. The fourth-order valence-electron chi connectivity index (χ4n) is 3.91. The molecule has 0 saturated heterocycles. The highest BCUT2D eigenvalue weighted by atomic mass is 32.2. The number of aryl methyl sites for hydroxylation is 1. The van der Waals surface area contributed by atoms with E-state index in [9.17, 15) is 17.6 Å². The van der Waals surface area contributed by atoms with Gasteiger partial charge in [0.2, 0.25) is 0 Å². The summed E-state index contributed by atoms with van der Waals surface area (Å²) in [6, 6.07) is 14.0. The summed E-state index contributed by atoms with van der Waals surface area (Å²) in [4.78, 5) is 12.7. The van der Waals surface area contributed by atoms with Crippen molar-refractivity contribution in [1.29, 1.82) is 0 Å². The minimum absolute atomic E-state index is 0.121. The molecule has 32 heavy (non-hydrogen) atoms. The van der Waals surface area contributed by atoms with Gasteiger partial charge in [-0.1, -0.05) is 18.2 Å². The number of hydrogen-bond acceptors (Lipinski definition) is 6. The van der Waals surface area contributed by atoms with Crippen molar-refractivity contribution in [2.75, 3.05) is 7.11 Å². The van der Waals surface area contributed by atoms with Crippen LogP contribution in [0.2, 0.25) is 0 Å². The fraction of sp³-hybridized carbons (Fsp3) is 0.217. The summed E-state index contributed by atoms with van der Waals surface area (Å²) in [5.74, 6) is -0.984. The highest BCUT2D eigenvalue weighted by Gasteiger charge is 2.36. The number of aromatic nitrogens is 2. The zero-order valence-electron chi connectivity index (χ0n) is 17.7. The number of halogens is 1. The molecule has 1 unspecified atom stereocenters. The van der Waals surface area contributed by atoms with Crippen LogP contribution in [0.1, 0.15) is 27.1 Å². The van der Waals surface area contributed by atoms with Crippen LogP contribution in [-0.2, 0) is 25.9 Å². The zero-order chi connectivity index (χ0) is 23.0. The molecule has 0 aliphatic heterocycles. The maximum absolute atomic E-state index is 14.3. The molecule has 2 aromatic heterocycles. The number of carbonyl (C=O) groups excluding carboxylic acids is 1. The molecule has 0 fully saturated rings. The Morgan fingerprint density at radius 3 is 2.50 bits per heavy atom. The molecular formula is C23H21FN2O4S2. The molecule has 166 valence electrons. The van der Waals surface area contributed by atoms with E-state index in [2.05, 4.69) is 4.37 Å². The molecule has 0 aliphatic rings. The monoisotopic (exact) mass is 472 g/mol. The van der Waals surface area contributed by atoms with Crippen LogP contribution in [0.3, 0.4) is 0 Å². The average molecular weight is 473 g/mol. The smallest absolute Gasteiger partial charge is 0.325 e. The zero-order valence-corrected chi connectivity index (χ0v) is 19.3. The Morgan fingerprint density at radius 2 is 1.88 bits per heavy atom. The Hall–Kier alpha value is -3.04. The van der Waals surface area contributed by atoms with Gasteiger partial charge in [0.25, 0.3) is 0 Å². The second-order valence-electron chi connectivity index (χ2n) is 7.43. The molecule has 4 aromatic rings. The summed E-state index contributed by atoms with van der Waals surface area (Å²) in [5.41, 5.74) is 2.22. The second-order valence-corrected chi connectivity index (χ2v) is 10.3. The largest absolute Gasteiger partial charge is 0.468 e. The SMILES string of the molecule is COC(=O)Cn1c(C)c(C(c2cc(C)ns2)S(=O)(=O)c2ccccc2)c2cc(F)ccc21. The highest BCUT2D eigenvalue weighted by Crippen LogP contribution is 2.43. The number of benzene rings is 2. The predicted molar refractivity (Wildman–Crippen MR) is 121 cm³/mol. The summed E-state index contributed by atoms with van der Waals surface area (Å²) in [6.45, 7) is 3.40. The van der Waals surface area contributed by atoms with Gasteiger partial charge in [0.05, 0.1) is 17.7 Å². The van der Waals surface area contributed by atoms with Crippen molar-refractivity contribution >= 4 is 38.2 Å². The van der Waals surface area contributed by atoms with E-state index in [-0.39, 0.29) is 11.4 Å². The maximum atomic E-state index is 14.3. The first-order valence-electron chi connectivity index (χ1n) is 9.81. The van der Waals surface area contributed by atoms with Gasteiger partial charge in [0.15, 0.2) is 9.84 Å². The lowest BCUT2D eigenvalue weighted by Gasteiger charge is -2.18. The van der Waals surface area contributed by atoms with Crippen molar-refractivity contribution in [3.63, 3.8) is 0 Å². The normalized spacial score (nSPS) is 12.8. The minimum Gasteiger partial charge on any atom is -0.468 e. The molecule has 4 rings (SSSR count). The van der Waals surface area contributed by atoms with E-state index >= 15 is 0 Å². The number of nitrogens with zero attached hydrogens (tertiary/aromatic N) is 2. The number of hydrogen-bond donors (Lipinski definition) is 0. The number of carbonyl (C=O) groups is 1. The summed E-state index contributed by atoms with van der Waals surface area (Å²) in [6.07, 6.45) is 0. The average Bonchev–Trinajstić information content (AvgIpc) is 3.31. The molecule has 0 N–H and O–H groups in total. The Bertz CT molecular complexity index is 1410. The fourth-order valence-corrected chi connectivity index (χ4v) is 6.95. The lowest BCUT2D eigenvalue weighted by atomic mass is 10.1. The van der Waals surface area contributed by atoms with E-state index in [0.29, 0.717) is 32.7 Å². The van der Waals surface area contributed by atoms with E-state index in [1.165, 1.54) is 19.2 Å². The number of esters is 1. The third-order valence-electron chi connectivity index (χ3n) is 5.40. The van der Waals surface area contributed by atoms with Gasteiger partial charge in [-0.2, -0.15) is 4.37 Å². The quantitative estimate of drug-likeness (QED) is 0.384. The number of rotatable bonds is 6.